The number of aromatic nitrogens is 2. The minimum absolute atomic E-state index is 0.323. The highest BCUT2D eigenvalue weighted by atomic mass is 16.5. The van der Waals surface area contributed by atoms with Gasteiger partial charge in [0.25, 0.3) is 0 Å². The maximum absolute atomic E-state index is 11.3. The smallest absolute Gasteiger partial charge is 0.335 e. The summed E-state index contributed by atoms with van der Waals surface area (Å²) in [5, 5.41) is 10.4. The van der Waals surface area contributed by atoms with E-state index in [1.54, 1.807) is 12.1 Å². The summed E-state index contributed by atoms with van der Waals surface area (Å²) in [4.78, 5) is 18.6. The van der Waals surface area contributed by atoms with E-state index in [1.165, 1.54) is 11.3 Å². The Labute approximate surface area is 205 Å². The Balaban J connectivity index is 1.19. The van der Waals surface area contributed by atoms with E-state index in [0.717, 1.165) is 54.6 Å². The lowest BCUT2D eigenvalue weighted by molar-refractivity contribution is 0.0697. The zero-order chi connectivity index (χ0) is 24.4. The van der Waals surface area contributed by atoms with Gasteiger partial charge in [-0.3, -0.25) is 4.90 Å². The van der Waals surface area contributed by atoms with Crippen LogP contribution < -0.4 is 4.74 Å². The number of hydrogen-bond acceptors (Lipinski definition) is 4. The fourth-order valence-corrected chi connectivity index (χ4v) is 4.87. The molecule has 0 radical (unpaired) electrons. The quantitative estimate of drug-likeness (QED) is 0.385. The molecule has 1 aliphatic heterocycles. The van der Waals surface area contributed by atoms with Crippen molar-refractivity contribution in [3.05, 3.63) is 94.8 Å². The molecular weight excluding hydrogens is 438 g/mol. The number of carboxylic acids is 1. The first kappa shape index (κ1) is 23.1. The number of pyridine rings is 1. The van der Waals surface area contributed by atoms with Crippen molar-refractivity contribution in [2.45, 2.75) is 38.8 Å². The van der Waals surface area contributed by atoms with Crippen molar-refractivity contribution in [1.82, 2.24) is 14.5 Å². The minimum atomic E-state index is -0.894. The summed E-state index contributed by atoms with van der Waals surface area (Å²) in [5.41, 5.74) is 5.98. The third-order valence-corrected chi connectivity index (χ3v) is 7.04. The molecule has 0 unspecified atom stereocenters. The van der Waals surface area contributed by atoms with E-state index in [2.05, 4.69) is 52.8 Å². The third-order valence-electron chi connectivity index (χ3n) is 7.04. The lowest BCUT2D eigenvalue weighted by Crippen LogP contribution is -2.33. The van der Waals surface area contributed by atoms with Gasteiger partial charge in [-0.1, -0.05) is 42.0 Å². The largest absolute Gasteiger partial charge is 0.478 e. The fourth-order valence-electron chi connectivity index (χ4n) is 4.87. The van der Waals surface area contributed by atoms with Gasteiger partial charge in [-0.2, -0.15) is 0 Å². The number of fused-ring (bicyclic) bond motifs is 1. The second kappa shape index (κ2) is 9.92. The van der Waals surface area contributed by atoms with Gasteiger partial charge in [0.1, 0.15) is 6.61 Å². The van der Waals surface area contributed by atoms with Crippen molar-refractivity contribution in [3.63, 3.8) is 0 Å². The van der Waals surface area contributed by atoms with E-state index < -0.39 is 5.97 Å². The summed E-state index contributed by atoms with van der Waals surface area (Å²) in [6.45, 7) is 5.47. The number of carbonyl (C=O) groups is 1. The van der Waals surface area contributed by atoms with E-state index in [-0.39, 0.29) is 0 Å². The number of hydrogen-bond donors (Lipinski definition) is 1. The van der Waals surface area contributed by atoms with Crippen LogP contribution in [0.2, 0.25) is 0 Å². The highest BCUT2D eigenvalue weighted by molar-refractivity contribution is 5.93. The van der Waals surface area contributed by atoms with Crippen LogP contribution in [-0.4, -0.2) is 38.6 Å². The number of likely N-dealkylation sites (tertiary alicyclic amines) is 1. The average Bonchev–Trinajstić information content (AvgIpc) is 3.18. The normalized spacial score (nSPS) is 14.9. The number of ether oxygens (including phenoxy) is 1. The van der Waals surface area contributed by atoms with Gasteiger partial charge in [0.2, 0.25) is 5.88 Å². The van der Waals surface area contributed by atoms with Crippen LogP contribution in [-0.2, 0) is 20.2 Å². The van der Waals surface area contributed by atoms with Crippen LogP contribution >= 0.6 is 0 Å². The molecule has 3 heterocycles. The van der Waals surface area contributed by atoms with E-state index in [4.69, 9.17) is 9.72 Å². The Kier molecular flexibility index (Phi) is 6.55. The SMILES string of the molecule is Cc1ccc(COc2cccc(C3CCN(Cc4cc5ccc(C(=O)O)cc5n4C)CC3)n2)cc1. The molecule has 0 saturated carbocycles. The average molecular weight is 470 g/mol. The van der Waals surface area contributed by atoms with E-state index >= 15 is 0 Å². The Morgan fingerprint density at radius 2 is 1.83 bits per heavy atom. The molecule has 1 aliphatic rings. The topological polar surface area (TPSA) is 67.6 Å². The Bertz CT molecular complexity index is 1340. The number of rotatable bonds is 7. The molecule has 2 aromatic carbocycles. The molecule has 5 rings (SSSR count). The van der Waals surface area contributed by atoms with Gasteiger partial charge in [0, 0.05) is 42.5 Å². The van der Waals surface area contributed by atoms with Crippen LogP contribution in [0.5, 0.6) is 5.88 Å². The van der Waals surface area contributed by atoms with E-state index in [9.17, 15) is 9.90 Å². The second-order valence-corrected chi connectivity index (χ2v) is 9.50. The van der Waals surface area contributed by atoms with Crippen molar-refractivity contribution in [2.75, 3.05) is 13.1 Å². The molecule has 35 heavy (non-hydrogen) atoms. The highest BCUT2D eigenvalue weighted by Crippen LogP contribution is 2.29. The predicted molar refractivity (Wildman–Crippen MR) is 137 cm³/mol. The number of aryl methyl sites for hydroxylation is 2. The fraction of sp³-hybridized carbons (Fsp3) is 0.310. The molecule has 4 aromatic rings. The number of piperidine rings is 1. The number of carboxylic acid groups (broad SMARTS) is 1. The van der Waals surface area contributed by atoms with E-state index in [0.29, 0.717) is 24.0 Å². The summed E-state index contributed by atoms with van der Waals surface area (Å²) in [6, 6.07) is 22.0. The number of nitrogens with zero attached hydrogens (tertiary/aromatic N) is 3. The molecule has 0 spiro atoms. The lowest BCUT2D eigenvalue weighted by Gasteiger charge is -2.31. The standard InChI is InChI=1S/C29H31N3O3/c1-20-6-8-21(9-7-20)19-35-28-5-3-4-26(30-28)22-12-14-32(15-13-22)18-25-16-23-10-11-24(29(33)34)17-27(23)31(25)2/h3-11,16-17,22H,12-15,18-19H2,1-2H3,(H,33,34). The third kappa shape index (κ3) is 5.23. The summed E-state index contributed by atoms with van der Waals surface area (Å²) >= 11 is 0. The number of benzene rings is 2. The van der Waals surface area contributed by atoms with Crippen molar-refractivity contribution in [1.29, 1.82) is 0 Å². The molecule has 180 valence electrons. The summed E-state index contributed by atoms with van der Waals surface area (Å²) in [6.07, 6.45) is 2.11. The van der Waals surface area contributed by atoms with Crippen LogP contribution in [0.4, 0.5) is 0 Å². The second-order valence-electron chi connectivity index (χ2n) is 9.50. The van der Waals surface area contributed by atoms with Crippen LogP contribution in [0.15, 0.2) is 66.7 Å². The van der Waals surface area contributed by atoms with Crippen LogP contribution in [0.3, 0.4) is 0 Å². The van der Waals surface area contributed by atoms with Gasteiger partial charge >= 0.3 is 5.97 Å². The van der Waals surface area contributed by atoms with Gasteiger partial charge in [-0.25, -0.2) is 9.78 Å². The molecule has 1 saturated heterocycles. The number of aromatic carboxylic acids is 1. The minimum Gasteiger partial charge on any atom is -0.478 e. The van der Waals surface area contributed by atoms with Crippen LogP contribution in [0, 0.1) is 6.92 Å². The molecule has 0 aliphatic carbocycles. The van der Waals surface area contributed by atoms with Crippen LogP contribution in [0.1, 0.15) is 51.6 Å². The van der Waals surface area contributed by atoms with Gasteiger partial charge in [-0.15, -0.1) is 0 Å². The molecule has 0 amide bonds. The lowest BCUT2D eigenvalue weighted by atomic mass is 9.93. The summed E-state index contributed by atoms with van der Waals surface area (Å²) in [7, 11) is 2.02. The first-order valence-corrected chi connectivity index (χ1v) is 12.2. The maximum atomic E-state index is 11.3. The summed E-state index contributed by atoms with van der Waals surface area (Å²) < 4.78 is 8.08. The first-order chi connectivity index (χ1) is 17.0. The van der Waals surface area contributed by atoms with Crippen molar-refractivity contribution < 1.29 is 14.6 Å². The molecule has 1 N–H and O–H groups in total. The molecule has 6 nitrogen and oxygen atoms in total. The van der Waals surface area contributed by atoms with Gasteiger partial charge in [0.15, 0.2) is 0 Å². The zero-order valence-electron chi connectivity index (χ0n) is 20.3. The van der Waals surface area contributed by atoms with E-state index in [1.807, 2.05) is 25.2 Å². The molecule has 2 aromatic heterocycles. The predicted octanol–water partition coefficient (Wildman–Crippen LogP) is 5.54. The van der Waals surface area contributed by atoms with Crippen LogP contribution in [0.25, 0.3) is 10.9 Å². The highest BCUT2D eigenvalue weighted by Gasteiger charge is 2.23. The molecule has 0 atom stereocenters. The Morgan fingerprint density at radius 1 is 1.06 bits per heavy atom. The van der Waals surface area contributed by atoms with Crippen molar-refractivity contribution in [2.24, 2.45) is 7.05 Å². The summed E-state index contributed by atoms with van der Waals surface area (Å²) in [5.74, 6) is 0.219. The first-order valence-electron chi connectivity index (χ1n) is 12.2. The van der Waals surface area contributed by atoms with Gasteiger partial charge in [-0.05, 0) is 68.1 Å². The molecule has 0 bridgehead atoms. The Morgan fingerprint density at radius 3 is 2.57 bits per heavy atom. The molecule has 1 fully saturated rings. The van der Waals surface area contributed by atoms with Gasteiger partial charge in [0.05, 0.1) is 5.56 Å². The van der Waals surface area contributed by atoms with Crippen molar-refractivity contribution >= 4 is 16.9 Å². The zero-order valence-corrected chi connectivity index (χ0v) is 20.3. The monoisotopic (exact) mass is 469 g/mol. The maximum Gasteiger partial charge on any atom is 0.335 e. The molecule has 6 heteroatoms. The Hall–Kier alpha value is -3.64. The molecular formula is C29H31N3O3. The van der Waals surface area contributed by atoms with Crippen molar-refractivity contribution in [3.8, 4) is 5.88 Å². The van der Waals surface area contributed by atoms with Gasteiger partial charge < -0.3 is 14.4 Å².